The Morgan fingerprint density at radius 3 is 2.52 bits per heavy atom. The lowest BCUT2D eigenvalue weighted by atomic mass is 10.1. The van der Waals surface area contributed by atoms with E-state index in [0.29, 0.717) is 23.5 Å². The number of hydrogen-bond acceptors (Lipinski definition) is 5. The van der Waals surface area contributed by atoms with Crippen molar-refractivity contribution < 1.29 is 14.3 Å². The van der Waals surface area contributed by atoms with Gasteiger partial charge in [-0.1, -0.05) is 24.3 Å². The van der Waals surface area contributed by atoms with Gasteiger partial charge in [0.05, 0.1) is 25.5 Å². The third-order valence-electron chi connectivity index (χ3n) is 5.19. The van der Waals surface area contributed by atoms with E-state index in [4.69, 9.17) is 9.47 Å². The van der Waals surface area contributed by atoms with Crippen LogP contribution in [0.15, 0.2) is 65.7 Å². The molecule has 2 aromatic rings. The molecule has 2 aliphatic heterocycles. The Morgan fingerprint density at radius 2 is 1.84 bits per heavy atom. The normalized spacial score (nSPS) is 10.9. The largest absolute Gasteiger partial charge is 0.497 e. The number of nitrogens with zero attached hydrogens (tertiary/aromatic N) is 3. The van der Waals surface area contributed by atoms with Crippen molar-refractivity contribution in [1.82, 2.24) is 14.3 Å². The summed E-state index contributed by atoms with van der Waals surface area (Å²) in [5, 5.41) is 4.45. The number of pyridine rings is 1. The first-order chi connectivity index (χ1) is 15.0. The summed E-state index contributed by atoms with van der Waals surface area (Å²) in [7, 11) is 2.95. The van der Waals surface area contributed by atoms with Crippen LogP contribution in [0.3, 0.4) is 0 Å². The molecule has 158 valence electrons. The zero-order valence-electron chi connectivity index (χ0n) is 17.7. The van der Waals surface area contributed by atoms with Gasteiger partial charge in [0.15, 0.2) is 0 Å². The minimum Gasteiger partial charge on any atom is -0.497 e. The molecule has 0 fully saturated rings. The van der Waals surface area contributed by atoms with E-state index in [0.717, 1.165) is 23.3 Å². The standard InChI is InChI=1S/C24H23N3O4/c1-16-5-4-6-18(13-16)27-23(28)20-14-26(15-21(22(20)25-27)24(29)31-3)12-11-17-7-9-19(30-2)10-8-17/h4-10,13-15H,11-12H2,1-3H3. The summed E-state index contributed by atoms with van der Waals surface area (Å²) < 4.78 is 13.3. The molecule has 0 atom stereocenters. The first-order valence-corrected chi connectivity index (χ1v) is 9.91. The Balaban J connectivity index is 1.74. The molecule has 31 heavy (non-hydrogen) atoms. The fourth-order valence-corrected chi connectivity index (χ4v) is 3.53. The molecule has 0 saturated carbocycles. The Hall–Kier alpha value is -3.87. The highest BCUT2D eigenvalue weighted by molar-refractivity contribution is 5.96. The fourth-order valence-electron chi connectivity index (χ4n) is 3.53. The zero-order valence-corrected chi connectivity index (χ0v) is 17.7. The van der Waals surface area contributed by atoms with Gasteiger partial charge in [0, 0.05) is 18.9 Å². The van der Waals surface area contributed by atoms with Crippen molar-refractivity contribution in [3.05, 3.63) is 88.0 Å². The average molecular weight is 417 g/mol. The lowest BCUT2D eigenvalue weighted by Gasteiger charge is -2.12. The molecule has 0 spiro atoms. The molecule has 0 bridgehead atoms. The summed E-state index contributed by atoms with van der Waals surface area (Å²) in [4.78, 5) is 25.6. The maximum atomic E-state index is 13.1. The first kappa shape index (κ1) is 20.4. The third kappa shape index (κ3) is 4.07. The fraction of sp³-hybridized carbons (Fsp3) is 0.208. The van der Waals surface area contributed by atoms with Gasteiger partial charge in [0.1, 0.15) is 17.0 Å². The molecule has 0 aliphatic carbocycles. The van der Waals surface area contributed by atoms with Crippen LogP contribution >= 0.6 is 0 Å². The number of hydrogen-bond donors (Lipinski definition) is 0. The van der Waals surface area contributed by atoms with Crippen molar-refractivity contribution in [3.63, 3.8) is 0 Å². The van der Waals surface area contributed by atoms with Gasteiger partial charge in [-0.25, -0.2) is 4.79 Å². The van der Waals surface area contributed by atoms with Gasteiger partial charge >= 0.3 is 5.97 Å². The number of rotatable bonds is 6. The lowest BCUT2D eigenvalue weighted by Crippen LogP contribution is -2.16. The van der Waals surface area contributed by atoms with Crippen molar-refractivity contribution in [3.8, 4) is 22.7 Å². The van der Waals surface area contributed by atoms with Crippen LogP contribution in [-0.2, 0) is 17.7 Å². The smallest absolute Gasteiger partial charge is 0.341 e. The number of aromatic nitrogens is 3. The molecule has 7 nitrogen and oxygen atoms in total. The second-order valence-electron chi connectivity index (χ2n) is 7.32. The molecule has 0 amide bonds. The summed E-state index contributed by atoms with van der Waals surface area (Å²) in [6.45, 7) is 2.53. The van der Waals surface area contributed by atoms with Gasteiger partial charge in [-0.2, -0.15) is 9.78 Å². The molecule has 0 saturated heterocycles. The van der Waals surface area contributed by atoms with Crippen molar-refractivity contribution in [2.75, 3.05) is 14.2 Å². The predicted octanol–water partition coefficient (Wildman–Crippen LogP) is 3.49. The average Bonchev–Trinajstić information content (AvgIpc) is 3.13. The second kappa shape index (κ2) is 8.47. The van der Waals surface area contributed by atoms with Crippen LogP contribution in [0.2, 0.25) is 0 Å². The van der Waals surface area contributed by atoms with E-state index in [2.05, 4.69) is 5.10 Å². The number of methoxy groups -OCH3 is 2. The van der Waals surface area contributed by atoms with Crippen LogP contribution in [-0.4, -0.2) is 34.5 Å². The van der Waals surface area contributed by atoms with E-state index in [1.807, 2.05) is 60.0 Å². The summed E-state index contributed by atoms with van der Waals surface area (Å²) in [6, 6.07) is 15.3. The van der Waals surface area contributed by atoms with E-state index < -0.39 is 5.97 Å². The number of carbonyl (C=O) groups is 1. The molecular formula is C24H23N3O4. The van der Waals surface area contributed by atoms with Gasteiger partial charge in [0.2, 0.25) is 0 Å². The molecule has 0 radical (unpaired) electrons. The molecule has 0 unspecified atom stereocenters. The summed E-state index contributed by atoms with van der Waals surface area (Å²) in [5.74, 6) is 0.267. The van der Waals surface area contributed by atoms with Gasteiger partial charge < -0.3 is 14.0 Å². The van der Waals surface area contributed by atoms with Gasteiger partial charge in [-0.05, 0) is 48.7 Å². The Bertz CT molecular complexity index is 1250. The van der Waals surface area contributed by atoms with Crippen LogP contribution in [0.4, 0.5) is 0 Å². The first-order valence-electron chi connectivity index (χ1n) is 9.91. The molecular weight excluding hydrogens is 394 g/mol. The van der Waals surface area contributed by atoms with E-state index in [1.54, 1.807) is 19.5 Å². The quantitative estimate of drug-likeness (QED) is 0.449. The summed E-state index contributed by atoms with van der Waals surface area (Å²) in [6.07, 6.45) is 4.15. The molecule has 2 aliphatic rings. The Kier molecular flexibility index (Phi) is 5.58. The lowest BCUT2D eigenvalue weighted by molar-refractivity contribution is 0.0600. The topological polar surface area (TPSA) is 75.3 Å². The van der Waals surface area contributed by atoms with E-state index >= 15 is 0 Å². The van der Waals surface area contributed by atoms with Crippen molar-refractivity contribution in [1.29, 1.82) is 0 Å². The monoisotopic (exact) mass is 417 g/mol. The number of benzene rings is 2. The number of aryl methyl sites for hydroxylation is 3. The zero-order chi connectivity index (χ0) is 22.0. The Labute approximate surface area is 179 Å². The predicted molar refractivity (Wildman–Crippen MR) is 117 cm³/mol. The van der Waals surface area contributed by atoms with E-state index in [1.165, 1.54) is 11.8 Å². The minimum atomic E-state index is -0.530. The number of carbonyl (C=O) groups excluding carboxylic acids is 1. The van der Waals surface area contributed by atoms with E-state index in [-0.39, 0.29) is 11.1 Å². The minimum absolute atomic E-state index is 0.262. The maximum Gasteiger partial charge on any atom is 0.341 e. The Morgan fingerprint density at radius 1 is 1.06 bits per heavy atom. The van der Waals surface area contributed by atoms with Crippen LogP contribution in [0.5, 0.6) is 5.75 Å². The third-order valence-corrected chi connectivity index (χ3v) is 5.19. The van der Waals surface area contributed by atoms with Crippen LogP contribution < -0.4 is 10.3 Å². The molecule has 2 aromatic carbocycles. The highest BCUT2D eigenvalue weighted by Crippen LogP contribution is 2.23. The summed E-state index contributed by atoms with van der Waals surface area (Å²) in [5.41, 5.74) is 3.48. The SMILES string of the molecule is COC(=O)c1cn(CCc2ccc(OC)cc2)cc2c(=O)n(-c3cccc(C)c3)nc1-2. The molecule has 0 N–H and O–H groups in total. The van der Waals surface area contributed by atoms with Gasteiger partial charge in [0.25, 0.3) is 5.56 Å². The molecule has 4 rings (SSSR count). The highest BCUT2D eigenvalue weighted by atomic mass is 16.5. The molecule has 0 aromatic heterocycles. The second-order valence-corrected chi connectivity index (χ2v) is 7.32. The van der Waals surface area contributed by atoms with Crippen molar-refractivity contribution in [2.45, 2.75) is 19.9 Å². The van der Waals surface area contributed by atoms with Gasteiger partial charge in [-0.15, -0.1) is 0 Å². The molecule has 7 heteroatoms. The van der Waals surface area contributed by atoms with Crippen LogP contribution in [0.25, 0.3) is 16.9 Å². The molecule has 2 heterocycles. The van der Waals surface area contributed by atoms with Crippen LogP contribution in [0, 0.1) is 6.92 Å². The van der Waals surface area contributed by atoms with Crippen molar-refractivity contribution in [2.24, 2.45) is 0 Å². The highest BCUT2D eigenvalue weighted by Gasteiger charge is 2.25. The number of fused-ring (bicyclic) bond motifs is 1. The van der Waals surface area contributed by atoms with E-state index in [9.17, 15) is 9.59 Å². The number of ether oxygens (including phenoxy) is 2. The maximum absolute atomic E-state index is 13.1. The van der Waals surface area contributed by atoms with Crippen molar-refractivity contribution >= 4 is 5.97 Å². The van der Waals surface area contributed by atoms with Crippen LogP contribution in [0.1, 0.15) is 21.5 Å². The summed E-state index contributed by atoms with van der Waals surface area (Å²) >= 11 is 0. The number of esters is 1. The van der Waals surface area contributed by atoms with Gasteiger partial charge in [-0.3, -0.25) is 4.79 Å².